The predicted molar refractivity (Wildman–Crippen MR) is 104 cm³/mol. The molecule has 2 N–H and O–H groups in total. The number of benzene rings is 1. The number of H-pyrrole nitrogens is 1. The van der Waals surface area contributed by atoms with Gasteiger partial charge >= 0.3 is 13.5 Å². The number of hydrogen-bond donors (Lipinski definition) is 2. The fourth-order valence-electron chi connectivity index (χ4n) is 3.05. The van der Waals surface area contributed by atoms with E-state index < -0.39 is 44.1 Å². The van der Waals surface area contributed by atoms with Crippen LogP contribution in [0.3, 0.4) is 0 Å². The van der Waals surface area contributed by atoms with Gasteiger partial charge in [0.2, 0.25) is 0 Å². The highest BCUT2D eigenvalue weighted by Crippen LogP contribution is 2.56. The summed E-state index contributed by atoms with van der Waals surface area (Å²) >= 11 is 1.80. The van der Waals surface area contributed by atoms with Crippen molar-refractivity contribution in [3.05, 3.63) is 60.4 Å². The first-order valence-corrected chi connectivity index (χ1v) is 10.9. The highest BCUT2D eigenvalue weighted by atomic mass is 127. The zero-order chi connectivity index (χ0) is 19.9. The van der Waals surface area contributed by atoms with Crippen LogP contribution in [-0.4, -0.2) is 33.5 Å². The van der Waals surface area contributed by atoms with Crippen molar-refractivity contribution < 1.29 is 28.0 Å². The molecule has 4 atom stereocenters. The Balaban J connectivity index is 1.54. The molecule has 1 aromatic carbocycles. The minimum atomic E-state index is -3.93. The minimum absolute atomic E-state index is 0.0613. The van der Waals surface area contributed by atoms with Crippen LogP contribution in [0.4, 0.5) is 0 Å². The molecule has 0 amide bonds. The summed E-state index contributed by atoms with van der Waals surface area (Å²) in [5.41, 5.74) is -0.414. The lowest BCUT2D eigenvalue weighted by atomic mass is 10.2. The quantitative estimate of drug-likeness (QED) is 0.457. The minimum Gasteiger partial charge on any atom is -0.404 e. The van der Waals surface area contributed by atoms with Crippen molar-refractivity contribution >= 4 is 30.4 Å². The summed E-state index contributed by atoms with van der Waals surface area (Å²) in [5, 5.41) is 9.62. The molecule has 0 bridgehead atoms. The van der Waals surface area contributed by atoms with Gasteiger partial charge < -0.3 is 14.4 Å². The van der Waals surface area contributed by atoms with Gasteiger partial charge in [0.05, 0.1) is 16.8 Å². The summed E-state index contributed by atoms with van der Waals surface area (Å²) in [6, 6.07) is 6.99. The molecule has 1 unspecified atom stereocenters. The molecule has 1 aromatic heterocycles. The number of halogens is 1. The number of aliphatic hydroxyl groups excluding tert-OH is 1. The Labute approximate surface area is 172 Å². The number of hydrogen-bond acceptors (Lipinski definition) is 8. The van der Waals surface area contributed by atoms with Crippen LogP contribution in [-0.2, 0) is 25.0 Å². The van der Waals surface area contributed by atoms with Crippen molar-refractivity contribution in [2.45, 2.75) is 31.5 Å². The first-order chi connectivity index (χ1) is 13.4. The molecule has 1 fully saturated rings. The fourth-order valence-corrected chi connectivity index (χ4v) is 4.91. The second-order valence-corrected chi connectivity index (χ2v) is 8.96. The summed E-state index contributed by atoms with van der Waals surface area (Å²) in [4.78, 5) is 25.8. The first kappa shape index (κ1) is 19.8. The molecule has 28 heavy (non-hydrogen) atoms. The SMILES string of the molecule is O=c1[nH]c(=O)n([C@H]2C[C@H](OP3(=O)OCc4ccccc4O3)[C@@H](CO)O2)cc1I. The zero-order valence-corrected chi connectivity index (χ0v) is 17.4. The number of phosphoric ester groups is 1. The van der Waals surface area contributed by atoms with Gasteiger partial charge in [0.15, 0.2) is 0 Å². The summed E-state index contributed by atoms with van der Waals surface area (Å²) in [5.74, 6) is 0.402. The highest BCUT2D eigenvalue weighted by molar-refractivity contribution is 14.1. The lowest BCUT2D eigenvalue weighted by Crippen LogP contribution is -2.33. The van der Waals surface area contributed by atoms with Gasteiger partial charge in [-0.1, -0.05) is 18.2 Å². The molecule has 1 saturated heterocycles. The van der Waals surface area contributed by atoms with Crippen LogP contribution in [0.2, 0.25) is 0 Å². The molecule has 150 valence electrons. The number of rotatable bonds is 4. The topological polar surface area (TPSA) is 129 Å². The maximum Gasteiger partial charge on any atom is 0.530 e. The number of aliphatic hydroxyl groups is 1. The highest BCUT2D eigenvalue weighted by Gasteiger charge is 2.45. The molecule has 0 spiro atoms. The van der Waals surface area contributed by atoms with Gasteiger partial charge in [-0.25, -0.2) is 9.36 Å². The third kappa shape index (κ3) is 3.82. The molecular formula is C16H16IN2O8P. The number of para-hydroxylation sites is 1. The average Bonchev–Trinajstić information content (AvgIpc) is 3.06. The van der Waals surface area contributed by atoms with Crippen LogP contribution in [0, 0.1) is 3.57 Å². The smallest absolute Gasteiger partial charge is 0.404 e. The maximum atomic E-state index is 12.9. The van der Waals surface area contributed by atoms with Gasteiger partial charge in [0.1, 0.15) is 24.2 Å². The Morgan fingerprint density at radius 2 is 2.14 bits per heavy atom. The van der Waals surface area contributed by atoms with E-state index in [1.54, 1.807) is 40.8 Å². The monoisotopic (exact) mass is 522 g/mol. The number of ether oxygens (including phenoxy) is 1. The average molecular weight is 522 g/mol. The lowest BCUT2D eigenvalue weighted by molar-refractivity contribution is -0.0467. The van der Waals surface area contributed by atoms with Crippen molar-refractivity contribution in [2.24, 2.45) is 0 Å². The van der Waals surface area contributed by atoms with E-state index in [1.165, 1.54) is 10.8 Å². The summed E-state index contributed by atoms with van der Waals surface area (Å²) in [6.07, 6.45) is -1.05. The summed E-state index contributed by atoms with van der Waals surface area (Å²) in [6.45, 7) is -0.362. The van der Waals surface area contributed by atoms with Crippen LogP contribution < -0.4 is 15.8 Å². The molecule has 0 saturated carbocycles. The molecule has 0 radical (unpaired) electrons. The third-order valence-corrected chi connectivity index (χ3v) is 6.58. The molecule has 3 heterocycles. The Morgan fingerprint density at radius 3 is 2.93 bits per heavy atom. The summed E-state index contributed by atoms with van der Waals surface area (Å²) < 4.78 is 36.4. The molecule has 10 nitrogen and oxygen atoms in total. The van der Waals surface area contributed by atoms with Gasteiger partial charge in [-0.15, -0.1) is 0 Å². The van der Waals surface area contributed by atoms with Gasteiger partial charge in [0, 0.05) is 18.2 Å². The van der Waals surface area contributed by atoms with Crippen molar-refractivity contribution in [2.75, 3.05) is 6.61 Å². The Bertz CT molecular complexity index is 1050. The largest absolute Gasteiger partial charge is 0.530 e. The maximum absolute atomic E-state index is 12.9. The van der Waals surface area contributed by atoms with Crippen LogP contribution >= 0.6 is 30.4 Å². The van der Waals surface area contributed by atoms with Gasteiger partial charge in [-0.2, -0.15) is 0 Å². The number of phosphoric acid groups is 1. The molecular weight excluding hydrogens is 506 g/mol. The predicted octanol–water partition coefficient (Wildman–Crippen LogP) is 1.52. The van der Waals surface area contributed by atoms with E-state index in [2.05, 4.69) is 4.98 Å². The van der Waals surface area contributed by atoms with Gasteiger partial charge in [0.25, 0.3) is 5.56 Å². The van der Waals surface area contributed by atoms with E-state index in [1.807, 2.05) is 6.07 Å². The number of aromatic amines is 1. The summed E-state index contributed by atoms with van der Waals surface area (Å²) in [7, 11) is -3.93. The number of aromatic nitrogens is 2. The molecule has 0 aliphatic carbocycles. The van der Waals surface area contributed by atoms with E-state index >= 15 is 0 Å². The Kier molecular flexibility index (Phi) is 5.47. The second kappa shape index (κ2) is 7.73. The van der Waals surface area contributed by atoms with Gasteiger partial charge in [-0.05, 0) is 28.7 Å². The normalized spacial score (nSPS) is 29.3. The van der Waals surface area contributed by atoms with Crippen molar-refractivity contribution in [1.29, 1.82) is 0 Å². The van der Waals surface area contributed by atoms with Crippen molar-refractivity contribution in [1.82, 2.24) is 9.55 Å². The molecule has 2 aliphatic rings. The van der Waals surface area contributed by atoms with Crippen LogP contribution in [0.5, 0.6) is 5.75 Å². The number of nitrogens with zero attached hydrogens (tertiary/aromatic N) is 1. The van der Waals surface area contributed by atoms with Crippen LogP contribution in [0.1, 0.15) is 18.2 Å². The third-order valence-electron chi connectivity index (χ3n) is 4.42. The second-order valence-electron chi connectivity index (χ2n) is 6.25. The molecule has 12 heteroatoms. The first-order valence-electron chi connectivity index (χ1n) is 8.36. The van der Waals surface area contributed by atoms with Crippen LogP contribution in [0.25, 0.3) is 0 Å². The number of nitrogens with one attached hydrogen (secondary N) is 1. The molecule has 4 rings (SSSR count). The van der Waals surface area contributed by atoms with E-state index in [-0.39, 0.29) is 13.0 Å². The van der Waals surface area contributed by atoms with Crippen molar-refractivity contribution in [3.63, 3.8) is 0 Å². The van der Waals surface area contributed by atoms with Crippen LogP contribution in [0.15, 0.2) is 40.1 Å². The van der Waals surface area contributed by atoms with E-state index in [0.29, 0.717) is 9.32 Å². The van der Waals surface area contributed by atoms with E-state index in [0.717, 1.165) is 5.56 Å². The standard InChI is InChI=1S/C16H16IN2O8P/c17-10-6-19(16(22)18-15(10)21)14-5-12(13(7-20)25-14)27-28(23)24-8-9-3-1-2-4-11(9)26-28/h1-4,6,12-14,20H,5,7-8H2,(H,18,21,22)/t12-,13+,14+,28?/m0/s1. The number of fused-ring (bicyclic) bond motifs is 1. The van der Waals surface area contributed by atoms with Gasteiger partial charge in [-0.3, -0.25) is 23.4 Å². The Morgan fingerprint density at radius 1 is 1.36 bits per heavy atom. The zero-order valence-electron chi connectivity index (χ0n) is 14.3. The van der Waals surface area contributed by atoms with E-state index in [9.17, 15) is 19.3 Å². The fraction of sp³-hybridized carbons (Fsp3) is 0.375. The Hall–Kier alpha value is -1.50. The lowest BCUT2D eigenvalue weighted by Gasteiger charge is -2.27. The molecule has 2 aliphatic heterocycles. The van der Waals surface area contributed by atoms with E-state index in [4.69, 9.17) is 18.3 Å². The molecule has 2 aromatic rings. The van der Waals surface area contributed by atoms with Crippen molar-refractivity contribution in [3.8, 4) is 5.75 Å².